The molecule has 0 fully saturated rings. The quantitative estimate of drug-likeness (QED) is 0.840. The molecule has 0 aliphatic heterocycles. The van der Waals surface area contributed by atoms with Crippen LogP contribution >= 0.6 is 0 Å². The van der Waals surface area contributed by atoms with E-state index in [0.717, 1.165) is 30.8 Å². The highest BCUT2D eigenvalue weighted by molar-refractivity contribution is 5.78. The number of para-hydroxylation sites is 1. The van der Waals surface area contributed by atoms with E-state index in [2.05, 4.69) is 43.4 Å². The first-order valence-corrected chi connectivity index (χ1v) is 7.44. The SMILES string of the molecule is CCNC(Cc1ccc2ccccc2n1)C(C)OCC. The summed E-state index contributed by atoms with van der Waals surface area (Å²) in [6.07, 6.45) is 1.08. The number of nitrogens with zero attached hydrogens (tertiary/aromatic N) is 1. The van der Waals surface area contributed by atoms with Gasteiger partial charge in [-0.25, -0.2) is 0 Å². The van der Waals surface area contributed by atoms with Gasteiger partial charge >= 0.3 is 0 Å². The monoisotopic (exact) mass is 272 g/mol. The van der Waals surface area contributed by atoms with E-state index in [4.69, 9.17) is 9.72 Å². The van der Waals surface area contributed by atoms with Gasteiger partial charge in [0.15, 0.2) is 0 Å². The lowest BCUT2D eigenvalue weighted by atomic mass is 10.0. The summed E-state index contributed by atoms with van der Waals surface area (Å²) in [5.41, 5.74) is 2.17. The fraction of sp³-hybridized carbons (Fsp3) is 0.471. The minimum Gasteiger partial charge on any atom is -0.377 e. The largest absolute Gasteiger partial charge is 0.377 e. The molecule has 2 rings (SSSR count). The van der Waals surface area contributed by atoms with E-state index in [9.17, 15) is 0 Å². The highest BCUT2D eigenvalue weighted by atomic mass is 16.5. The number of fused-ring (bicyclic) bond motifs is 1. The van der Waals surface area contributed by atoms with Gasteiger partial charge in [0.05, 0.1) is 11.6 Å². The Balaban J connectivity index is 2.15. The average molecular weight is 272 g/mol. The van der Waals surface area contributed by atoms with Gasteiger partial charge in [-0.15, -0.1) is 0 Å². The predicted molar refractivity (Wildman–Crippen MR) is 84.0 cm³/mol. The van der Waals surface area contributed by atoms with Crippen LogP contribution in [0.4, 0.5) is 0 Å². The maximum atomic E-state index is 5.73. The molecule has 0 bridgehead atoms. The summed E-state index contributed by atoms with van der Waals surface area (Å²) in [5, 5.41) is 4.69. The van der Waals surface area contributed by atoms with Crippen molar-refractivity contribution in [3.63, 3.8) is 0 Å². The van der Waals surface area contributed by atoms with Crippen molar-refractivity contribution in [3.05, 3.63) is 42.1 Å². The number of ether oxygens (including phenoxy) is 1. The van der Waals surface area contributed by atoms with Crippen LogP contribution in [0, 0.1) is 0 Å². The van der Waals surface area contributed by atoms with Crippen LogP contribution in [0.1, 0.15) is 26.5 Å². The van der Waals surface area contributed by atoms with Gasteiger partial charge in [-0.1, -0.05) is 31.2 Å². The molecule has 3 heteroatoms. The molecular weight excluding hydrogens is 248 g/mol. The Morgan fingerprint density at radius 3 is 2.70 bits per heavy atom. The first-order chi connectivity index (χ1) is 9.74. The molecule has 1 aromatic carbocycles. The van der Waals surface area contributed by atoms with Gasteiger partial charge in [-0.2, -0.15) is 0 Å². The molecule has 2 atom stereocenters. The van der Waals surface area contributed by atoms with E-state index in [1.165, 1.54) is 5.39 Å². The third-order valence-corrected chi connectivity index (χ3v) is 3.55. The molecule has 3 nitrogen and oxygen atoms in total. The van der Waals surface area contributed by atoms with Crippen LogP contribution < -0.4 is 5.32 Å². The Kier molecular flexibility index (Phi) is 5.50. The minimum absolute atomic E-state index is 0.188. The molecule has 0 aliphatic carbocycles. The molecule has 108 valence electrons. The molecule has 0 saturated heterocycles. The molecule has 0 aliphatic rings. The number of hydrogen-bond acceptors (Lipinski definition) is 3. The van der Waals surface area contributed by atoms with Gasteiger partial charge < -0.3 is 10.1 Å². The number of benzene rings is 1. The maximum Gasteiger partial charge on any atom is 0.0705 e. The van der Waals surface area contributed by atoms with E-state index in [0.29, 0.717) is 6.04 Å². The van der Waals surface area contributed by atoms with Crippen molar-refractivity contribution in [2.45, 2.75) is 39.3 Å². The number of aromatic nitrogens is 1. The maximum absolute atomic E-state index is 5.73. The number of nitrogens with one attached hydrogen (secondary N) is 1. The molecule has 0 spiro atoms. The first kappa shape index (κ1) is 14.9. The Morgan fingerprint density at radius 1 is 1.15 bits per heavy atom. The van der Waals surface area contributed by atoms with Crippen LogP contribution in [0.2, 0.25) is 0 Å². The lowest BCUT2D eigenvalue weighted by molar-refractivity contribution is 0.0478. The molecule has 2 aromatic rings. The molecule has 0 radical (unpaired) electrons. The summed E-state index contributed by atoms with van der Waals surface area (Å²) in [7, 11) is 0. The number of likely N-dealkylation sites (N-methyl/N-ethyl adjacent to an activating group) is 1. The van der Waals surface area contributed by atoms with Crippen molar-refractivity contribution < 1.29 is 4.74 Å². The lowest BCUT2D eigenvalue weighted by Crippen LogP contribution is -2.41. The van der Waals surface area contributed by atoms with Crippen LogP contribution in [0.3, 0.4) is 0 Å². The summed E-state index contributed by atoms with van der Waals surface area (Å²) in [6.45, 7) is 7.97. The van der Waals surface area contributed by atoms with Gasteiger partial charge in [-0.3, -0.25) is 4.98 Å². The van der Waals surface area contributed by atoms with Crippen molar-refractivity contribution in [2.24, 2.45) is 0 Å². The van der Waals surface area contributed by atoms with Gasteiger partial charge in [0, 0.05) is 30.1 Å². The fourth-order valence-corrected chi connectivity index (χ4v) is 2.49. The summed E-state index contributed by atoms with van der Waals surface area (Å²) in [5.74, 6) is 0. The lowest BCUT2D eigenvalue weighted by Gasteiger charge is -2.24. The van der Waals surface area contributed by atoms with Gasteiger partial charge in [0.2, 0.25) is 0 Å². The Hall–Kier alpha value is -1.45. The molecule has 1 heterocycles. The summed E-state index contributed by atoms with van der Waals surface area (Å²) < 4.78 is 5.73. The fourth-order valence-electron chi connectivity index (χ4n) is 2.49. The molecule has 1 aromatic heterocycles. The number of rotatable bonds is 7. The van der Waals surface area contributed by atoms with E-state index < -0.39 is 0 Å². The zero-order chi connectivity index (χ0) is 14.4. The van der Waals surface area contributed by atoms with Gasteiger partial charge in [0.25, 0.3) is 0 Å². The second kappa shape index (κ2) is 7.36. The summed E-state index contributed by atoms with van der Waals surface area (Å²) in [6, 6.07) is 12.8. The van der Waals surface area contributed by atoms with E-state index in [1.807, 2.05) is 19.1 Å². The molecule has 0 saturated carbocycles. The third-order valence-electron chi connectivity index (χ3n) is 3.55. The second-order valence-corrected chi connectivity index (χ2v) is 5.02. The Labute approximate surface area is 121 Å². The molecular formula is C17H24N2O. The Morgan fingerprint density at radius 2 is 1.95 bits per heavy atom. The number of hydrogen-bond donors (Lipinski definition) is 1. The highest BCUT2D eigenvalue weighted by Crippen LogP contribution is 2.14. The Bertz CT molecular complexity index is 541. The highest BCUT2D eigenvalue weighted by Gasteiger charge is 2.17. The average Bonchev–Trinajstić information content (AvgIpc) is 2.47. The zero-order valence-corrected chi connectivity index (χ0v) is 12.6. The van der Waals surface area contributed by atoms with Crippen LogP contribution in [0.15, 0.2) is 36.4 Å². The first-order valence-electron chi connectivity index (χ1n) is 7.44. The topological polar surface area (TPSA) is 34.2 Å². The third kappa shape index (κ3) is 3.78. The van der Waals surface area contributed by atoms with Gasteiger partial charge in [-0.05, 0) is 32.5 Å². The molecule has 20 heavy (non-hydrogen) atoms. The second-order valence-electron chi connectivity index (χ2n) is 5.02. The van der Waals surface area contributed by atoms with Crippen LogP contribution in [-0.2, 0) is 11.2 Å². The van der Waals surface area contributed by atoms with Crippen molar-refractivity contribution in [1.29, 1.82) is 0 Å². The van der Waals surface area contributed by atoms with E-state index in [-0.39, 0.29) is 6.10 Å². The minimum atomic E-state index is 0.188. The van der Waals surface area contributed by atoms with E-state index >= 15 is 0 Å². The van der Waals surface area contributed by atoms with Crippen molar-refractivity contribution in [3.8, 4) is 0 Å². The van der Waals surface area contributed by atoms with E-state index in [1.54, 1.807) is 0 Å². The normalized spacial score (nSPS) is 14.3. The smallest absolute Gasteiger partial charge is 0.0705 e. The molecule has 0 amide bonds. The van der Waals surface area contributed by atoms with Crippen LogP contribution in [0.5, 0.6) is 0 Å². The van der Waals surface area contributed by atoms with Crippen molar-refractivity contribution in [1.82, 2.24) is 10.3 Å². The van der Waals surface area contributed by atoms with Crippen LogP contribution in [0.25, 0.3) is 10.9 Å². The summed E-state index contributed by atoms with van der Waals surface area (Å²) in [4.78, 5) is 4.74. The standard InChI is InChI=1S/C17H24N2O/c1-4-18-17(13(3)20-5-2)12-15-11-10-14-8-6-7-9-16(14)19-15/h6-11,13,17-18H,4-5,12H2,1-3H3. The number of pyridine rings is 1. The summed E-state index contributed by atoms with van der Waals surface area (Å²) >= 11 is 0. The predicted octanol–water partition coefficient (Wildman–Crippen LogP) is 3.18. The van der Waals surface area contributed by atoms with Gasteiger partial charge in [0.1, 0.15) is 0 Å². The van der Waals surface area contributed by atoms with Crippen molar-refractivity contribution in [2.75, 3.05) is 13.2 Å². The van der Waals surface area contributed by atoms with Crippen molar-refractivity contribution >= 4 is 10.9 Å². The molecule has 1 N–H and O–H groups in total. The van der Waals surface area contributed by atoms with Crippen LogP contribution in [-0.4, -0.2) is 30.3 Å². The zero-order valence-electron chi connectivity index (χ0n) is 12.6. The molecule has 2 unspecified atom stereocenters.